The molecule has 1 aromatic rings. The Kier molecular flexibility index (Phi) is 3.23. The topological polar surface area (TPSA) is 65.8 Å². The van der Waals surface area contributed by atoms with Crippen LogP contribution in [-0.4, -0.2) is 17.4 Å². The fourth-order valence-corrected chi connectivity index (χ4v) is 0.976. The van der Waals surface area contributed by atoms with E-state index in [1.807, 2.05) is 0 Å². The standard InChI is InChI=1S/C8H6ClN3O/c9-7-6(2-1-4-11-7)8(13)12-5-3-10/h1-2,4H,5H2,(H,12,13). The first-order valence-electron chi connectivity index (χ1n) is 3.51. The van der Waals surface area contributed by atoms with E-state index < -0.39 is 0 Å². The quantitative estimate of drug-likeness (QED) is 0.565. The van der Waals surface area contributed by atoms with Crippen LogP contribution in [0.2, 0.25) is 5.15 Å². The van der Waals surface area contributed by atoms with Crippen molar-refractivity contribution in [1.82, 2.24) is 10.3 Å². The molecule has 1 rings (SSSR count). The molecule has 0 saturated heterocycles. The molecule has 0 aliphatic carbocycles. The van der Waals surface area contributed by atoms with Gasteiger partial charge in [-0.2, -0.15) is 5.26 Å². The van der Waals surface area contributed by atoms with Gasteiger partial charge in [0.25, 0.3) is 5.91 Å². The highest BCUT2D eigenvalue weighted by Gasteiger charge is 2.08. The molecule has 1 N–H and O–H groups in total. The molecule has 0 aliphatic heterocycles. The van der Waals surface area contributed by atoms with Gasteiger partial charge in [-0.05, 0) is 12.1 Å². The van der Waals surface area contributed by atoms with Crippen LogP contribution >= 0.6 is 11.6 Å². The molecular formula is C8H6ClN3O. The van der Waals surface area contributed by atoms with E-state index in [1.165, 1.54) is 6.20 Å². The van der Waals surface area contributed by atoms with Gasteiger partial charge < -0.3 is 5.32 Å². The summed E-state index contributed by atoms with van der Waals surface area (Å²) >= 11 is 5.64. The van der Waals surface area contributed by atoms with E-state index in [2.05, 4.69) is 10.3 Å². The van der Waals surface area contributed by atoms with Gasteiger partial charge in [-0.25, -0.2) is 4.98 Å². The van der Waals surface area contributed by atoms with Crippen molar-refractivity contribution in [1.29, 1.82) is 5.26 Å². The van der Waals surface area contributed by atoms with E-state index in [0.29, 0.717) is 0 Å². The number of nitrogens with one attached hydrogen (secondary N) is 1. The molecule has 0 aromatic carbocycles. The monoisotopic (exact) mass is 195 g/mol. The summed E-state index contributed by atoms with van der Waals surface area (Å²) in [5, 5.41) is 10.7. The number of nitrogens with zero attached hydrogens (tertiary/aromatic N) is 2. The predicted octanol–water partition coefficient (Wildman–Crippen LogP) is 0.988. The number of aromatic nitrogens is 1. The third kappa shape index (κ3) is 2.42. The van der Waals surface area contributed by atoms with Crippen molar-refractivity contribution in [2.75, 3.05) is 6.54 Å². The maximum Gasteiger partial charge on any atom is 0.255 e. The summed E-state index contributed by atoms with van der Waals surface area (Å²) in [5.41, 5.74) is 0.277. The van der Waals surface area contributed by atoms with Gasteiger partial charge in [-0.1, -0.05) is 11.6 Å². The van der Waals surface area contributed by atoms with Crippen molar-refractivity contribution in [2.45, 2.75) is 0 Å². The first-order chi connectivity index (χ1) is 6.25. The third-order valence-electron chi connectivity index (χ3n) is 1.33. The molecule has 1 aromatic heterocycles. The summed E-state index contributed by atoms with van der Waals surface area (Å²) in [5.74, 6) is -0.389. The predicted molar refractivity (Wildman–Crippen MR) is 47.2 cm³/mol. The van der Waals surface area contributed by atoms with Crippen LogP contribution in [0, 0.1) is 11.3 Å². The number of halogens is 1. The first-order valence-corrected chi connectivity index (χ1v) is 3.89. The zero-order valence-electron chi connectivity index (χ0n) is 6.62. The zero-order chi connectivity index (χ0) is 9.68. The third-order valence-corrected chi connectivity index (χ3v) is 1.63. The molecule has 1 heterocycles. The lowest BCUT2D eigenvalue weighted by Crippen LogP contribution is -2.23. The van der Waals surface area contributed by atoms with Gasteiger partial charge in [-0.3, -0.25) is 4.79 Å². The smallest absolute Gasteiger partial charge is 0.255 e. The summed E-state index contributed by atoms with van der Waals surface area (Å²) in [4.78, 5) is 15.0. The average molecular weight is 196 g/mol. The highest BCUT2D eigenvalue weighted by Crippen LogP contribution is 2.10. The van der Waals surface area contributed by atoms with E-state index >= 15 is 0 Å². The Morgan fingerprint density at radius 3 is 3.15 bits per heavy atom. The van der Waals surface area contributed by atoms with Gasteiger partial charge >= 0.3 is 0 Å². The van der Waals surface area contributed by atoms with Crippen LogP contribution in [0.4, 0.5) is 0 Å². The van der Waals surface area contributed by atoms with E-state index in [1.54, 1.807) is 18.2 Å². The summed E-state index contributed by atoms with van der Waals surface area (Å²) in [6.45, 7) is -0.0376. The van der Waals surface area contributed by atoms with E-state index in [4.69, 9.17) is 16.9 Å². The molecule has 4 nitrogen and oxygen atoms in total. The fourth-order valence-electron chi connectivity index (χ4n) is 0.770. The number of carbonyl (C=O) groups is 1. The van der Waals surface area contributed by atoms with Crippen LogP contribution < -0.4 is 5.32 Å². The fraction of sp³-hybridized carbons (Fsp3) is 0.125. The summed E-state index contributed by atoms with van der Waals surface area (Å²) in [7, 11) is 0. The summed E-state index contributed by atoms with van der Waals surface area (Å²) in [6.07, 6.45) is 1.49. The molecular weight excluding hydrogens is 190 g/mol. The highest BCUT2D eigenvalue weighted by molar-refractivity contribution is 6.32. The molecule has 0 fully saturated rings. The number of nitriles is 1. The zero-order valence-corrected chi connectivity index (χ0v) is 7.38. The molecule has 0 saturated carbocycles. The molecule has 0 atom stereocenters. The van der Waals surface area contributed by atoms with Gasteiger partial charge in [0.15, 0.2) is 0 Å². The van der Waals surface area contributed by atoms with Crippen LogP contribution in [0.5, 0.6) is 0 Å². The number of pyridine rings is 1. The van der Waals surface area contributed by atoms with Crippen molar-refractivity contribution in [3.63, 3.8) is 0 Å². The van der Waals surface area contributed by atoms with Crippen LogP contribution in [-0.2, 0) is 0 Å². The Balaban J connectivity index is 2.78. The second kappa shape index (κ2) is 4.43. The Morgan fingerprint density at radius 1 is 1.77 bits per heavy atom. The number of hydrogen-bond donors (Lipinski definition) is 1. The lowest BCUT2D eigenvalue weighted by molar-refractivity contribution is 0.0958. The maximum atomic E-state index is 11.2. The number of hydrogen-bond acceptors (Lipinski definition) is 3. The summed E-state index contributed by atoms with van der Waals surface area (Å²) in [6, 6.07) is 4.94. The largest absolute Gasteiger partial charge is 0.339 e. The summed E-state index contributed by atoms with van der Waals surface area (Å²) < 4.78 is 0. The van der Waals surface area contributed by atoms with Gasteiger partial charge in [-0.15, -0.1) is 0 Å². The second-order valence-electron chi connectivity index (χ2n) is 2.18. The van der Waals surface area contributed by atoms with Crippen molar-refractivity contribution >= 4 is 17.5 Å². The number of rotatable bonds is 2. The van der Waals surface area contributed by atoms with E-state index in [9.17, 15) is 4.79 Å². The number of amides is 1. The molecule has 0 unspecified atom stereocenters. The Labute approximate surface area is 80.2 Å². The molecule has 13 heavy (non-hydrogen) atoms. The van der Waals surface area contributed by atoms with Crippen LogP contribution in [0.25, 0.3) is 0 Å². The lowest BCUT2D eigenvalue weighted by Gasteiger charge is -2.01. The molecule has 1 amide bonds. The van der Waals surface area contributed by atoms with Gasteiger partial charge in [0.05, 0.1) is 11.6 Å². The SMILES string of the molecule is N#CCNC(=O)c1cccnc1Cl. The van der Waals surface area contributed by atoms with Gasteiger partial charge in [0.2, 0.25) is 0 Å². The van der Waals surface area contributed by atoms with Gasteiger partial charge in [0.1, 0.15) is 11.7 Å². The van der Waals surface area contributed by atoms with Crippen molar-refractivity contribution in [2.24, 2.45) is 0 Å². The van der Waals surface area contributed by atoms with Crippen LogP contribution in [0.3, 0.4) is 0 Å². The minimum atomic E-state index is -0.389. The molecule has 0 bridgehead atoms. The van der Waals surface area contributed by atoms with Gasteiger partial charge in [0, 0.05) is 6.20 Å². The highest BCUT2D eigenvalue weighted by atomic mass is 35.5. The minimum absolute atomic E-state index is 0.0376. The van der Waals surface area contributed by atoms with Crippen molar-refractivity contribution in [3.05, 3.63) is 29.0 Å². The average Bonchev–Trinajstić information content (AvgIpc) is 2.15. The Morgan fingerprint density at radius 2 is 2.54 bits per heavy atom. The van der Waals surface area contributed by atoms with Crippen molar-refractivity contribution < 1.29 is 4.79 Å². The Bertz CT molecular complexity index is 359. The molecule has 0 spiro atoms. The molecule has 5 heteroatoms. The van der Waals surface area contributed by atoms with Crippen LogP contribution in [0.15, 0.2) is 18.3 Å². The van der Waals surface area contributed by atoms with Crippen molar-refractivity contribution in [3.8, 4) is 6.07 Å². The second-order valence-corrected chi connectivity index (χ2v) is 2.54. The molecule has 0 radical (unpaired) electrons. The number of carbonyl (C=O) groups excluding carboxylic acids is 1. The normalized spacial score (nSPS) is 8.92. The first kappa shape index (κ1) is 9.49. The lowest BCUT2D eigenvalue weighted by atomic mass is 10.3. The van der Waals surface area contributed by atoms with E-state index in [0.717, 1.165) is 0 Å². The molecule has 0 aliphatic rings. The Hall–Kier alpha value is -1.60. The molecule has 66 valence electrons. The van der Waals surface area contributed by atoms with E-state index in [-0.39, 0.29) is 23.2 Å². The minimum Gasteiger partial charge on any atom is -0.339 e. The maximum absolute atomic E-state index is 11.2. The van der Waals surface area contributed by atoms with Crippen LogP contribution in [0.1, 0.15) is 10.4 Å².